The molecule has 0 bridgehead atoms. The van der Waals surface area contributed by atoms with E-state index >= 15 is 0 Å². The number of aromatic amines is 1. The van der Waals surface area contributed by atoms with Crippen LogP contribution in [-0.2, 0) is 12.5 Å². The van der Waals surface area contributed by atoms with Crippen LogP contribution in [0.15, 0.2) is 35.4 Å². The predicted molar refractivity (Wildman–Crippen MR) is 97.1 cm³/mol. The van der Waals surface area contributed by atoms with Gasteiger partial charge in [0.25, 0.3) is 0 Å². The van der Waals surface area contributed by atoms with Gasteiger partial charge < -0.3 is 4.98 Å². The van der Waals surface area contributed by atoms with Crippen LogP contribution in [0.3, 0.4) is 0 Å². The Labute approximate surface area is 142 Å². The van der Waals surface area contributed by atoms with E-state index in [1.54, 1.807) is 6.07 Å². The van der Waals surface area contributed by atoms with Crippen LogP contribution < -0.4 is 10.00 Å². The SMILES string of the molecule is Cc1cc(-c2cc(=O)c3c[n+](C)ccc3[nH]2)c(C)nc1C(C)(C)C. The van der Waals surface area contributed by atoms with Crippen LogP contribution >= 0.6 is 0 Å². The molecule has 3 rings (SSSR count). The van der Waals surface area contributed by atoms with Gasteiger partial charge in [0.1, 0.15) is 12.4 Å². The summed E-state index contributed by atoms with van der Waals surface area (Å²) >= 11 is 0. The third kappa shape index (κ3) is 2.84. The smallest absolute Gasteiger partial charge is 0.196 e. The van der Waals surface area contributed by atoms with Gasteiger partial charge in [-0.3, -0.25) is 9.78 Å². The lowest BCUT2D eigenvalue weighted by atomic mass is 9.87. The Morgan fingerprint density at radius 2 is 1.88 bits per heavy atom. The Morgan fingerprint density at radius 1 is 1.17 bits per heavy atom. The molecule has 0 spiro atoms. The summed E-state index contributed by atoms with van der Waals surface area (Å²) in [5.41, 5.74) is 5.82. The molecule has 124 valence electrons. The van der Waals surface area contributed by atoms with Crippen LogP contribution in [-0.4, -0.2) is 9.97 Å². The molecule has 0 radical (unpaired) electrons. The van der Waals surface area contributed by atoms with Crippen LogP contribution in [0, 0.1) is 13.8 Å². The van der Waals surface area contributed by atoms with Gasteiger partial charge in [-0.05, 0) is 25.5 Å². The summed E-state index contributed by atoms with van der Waals surface area (Å²) in [5.74, 6) is 0. The van der Waals surface area contributed by atoms with Crippen molar-refractivity contribution in [1.82, 2.24) is 9.97 Å². The van der Waals surface area contributed by atoms with Gasteiger partial charge in [-0.15, -0.1) is 0 Å². The van der Waals surface area contributed by atoms with Crippen molar-refractivity contribution in [1.29, 1.82) is 0 Å². The predicted octanol–water partition coefficient (Wildman–Crippen LogP) is 3.33. The normalized spacial score (nSPS) is 11.9. The van der Waals surface area contributed by atoms with Crippen molar-refractivity contribution in [2.24, 2.45) is 7.05 Å². The molecule has 0 aliphatic rings. The molecule has 3 heterocycles. The number of aromatic nitrogens is 3. The summed E-state index contributed by atoms with van der Waals surface area (Å²) in [5, 5.41) is 0.692. The van der Waals surface area contributed by atoms with E-state index in [0.29, 0.717) is 5.39 Å². The van der Waals surface area contributed by atoms with Gasteiger partial charge in [-0.2, -0.15) is 0 Å². The quantitative estimate of drug-likeness (QED) is 0.699. The first-order valence-electron chi connectivity index (χ1n) is 8.18. The molecule has 0 aliphatic heterocycles. The second-order valence-corrected chi connectivity index (χ2v) is 7.52. The fourth-order valence-electron chi connectivity index (χ4n) is 3.18. The van der Waals surface area contributed by atoms with Crippen LogP contribution in [0.25, 0.3) is 22.2 Å². The second kappa shape index (κ2) is 5.55. The number of nitrogens with one attached hydrogen (secondary N) is 1. The zero-order valence-corrected chi connectivity index (χ0v) is 15.2. The average Bonchev–Trinajstić information content (AvgIpc) is 2.48. The van der Waals surface area contributed by atoms with E-state index in [1.807, 2.05) is 37.0 Å². The van der Waals surface area contributed by atoms with Crippen LogP contribution in [0.1, 0.15) is 37.7 Å². The topological polar surface area (TPSA) is 49.6 Å². The standard InChI is InChI=1S/C20H23N3O/c1-12-9-14(13(2)21-19(12)20(3,4)5)17-10-18(24)15-11-23(6)8-7-16(15)22-17/h7-11H,1-6H3/p+1. The first-order chi connectivity index (χ1) is 11.2. The molecule has 3 aromatic rings. The first kappa shape index (κ1) is 16.4. The maximum atomic E-state index is 12.5. The molecule has 0 saturated heterocycles. The Kier molecular flexibility index (Phi) is 3.78. The Balaban J connectivity index is 2.23. The molecule has 0 unspecified atom stereocenters. The van der Waals surface area contributed by atoms with E-state index in [2.05, 4.69) is 38.7 Å². The molecule has 24 heavy (non-hydrogen) atoms. The first-order valence-corrected chi connectivity index (χ1v) is 8.18. The molecular weight excluding hydrogens is 298 g/mol. The number of pyridine rings is 3. The van der Waals surface area contributed by atoms with Crippen molar-refractivity contribution in [3.63, 3.8) is 0 Å². The third-order valence-electron chi connectivity index (χ3n) is 4.31. The molecule has 0 fully saturated rings. The largest absolute Gasteiger partial charge is 0.354 e. The van der Waals surface area contributed by atoms with Gasteiger partial charge >= 0.3 is 0 Å². The maximum Gasteiger partial charge on any atom is 0.196 e. The number of rotatable bonds is 1. The summed E-state index contributed by atoms with van der Waals surface area (Å²) in [4.78, 5) is 20.7. The average molecular weight is 322 g/mol. The van der Waals surface area contributed by atoms with E-state index < -0.39 is 0 Å². The molecule has 4 heteroatoms. The van der Waals surface area contributed by atoms with Gasteiger partial charge in [0.05, 0.1) is 11.2 Å². The van der Waals surface area contributed by atoms with Crippen molar-refractivity contribution < 1.29 is 4.57 Å². The molecule has 1 N–H and O–H groups in total. The molecular formula is C20H24N3O+. The van der Waals surface area contributed by atoms with Gasteiger partial charge in [0.15, 0.2) is 17.8 Å². The molecule has 3 aromatic heterocycles. The van der Waals surface area contributed by atoms with Crippen molar-refractivity contribution in [3.05, 3.63) is 57.8 Å². The Bertz CT molecular complexity index is 994. The van der Waals surface area contributed by atoms with Crippen molar-refractivity contribution in [2.75, 3.05) is 0 Å². The van der Waals surface area contributed by atoms with E-state index in [4.69, 9.17) is 4.98 Å². The number of nitrogens with zero attached hydrogens (tertiary/aromatic N) is 2. The van der Waals surface area contributed by atoms with Crippen LogP contribution in [0.4, 0.5) is 0 Å². The van der Waals surface area contributed by atoms with Crippen molar-refractivity contribution >= 4 is 10.9 Å². The minimum Gasteiger partial charge on any atom is -0.354 e. The summed E-state index contributed by atoms with van der Waals surface area (Å²) in [6, 6.07) is 5.73. The lowest BCUT2D eigenvalue weighted by molar-refractivity contribution is -0.670. The lowest BCUT2D eigenvalue weighted by Gasteiger charge is -2.22. The lowest BCUT2D eigenvalue weighted by Crippen LogP contribution is -2.27. The zero-order valence-electron chi connectivity index (χ0n) is 15.2. The van der Waals surface area contributed by atoms with Gasteiger partial charge in [0.2, 0.25) is 0 Å². The highest BCUT2D eigenvalue weighted by Gasteiger charge is 2.20. The highest BCUT2D eigenvalue weighted by atomic mass is 16.1. The Morgan fingerprint density at radius 3 is 2.54 bits per heavy atom. The number of fused-ring (bicyclic) bond motifs is 1. The summed E-state index contributed by atoms with van der Waals surface area (Å²) in [7, 11) is 1.91. The van der Waals surface area contributed by atoms with E-state index in [9.17, 15) is 4.79 Å². The molecule has 0 aromatic carbocycles. The van der Waals surface area contributed by atoms with Crippen LogP contribution in [0.5, 0.6) is 0 Å². The number of aryl methyl sites for hydroxylation is 3. The van der Waals surface area contributed by atoms with Gasteiger partial charge in [0, 0.05) is 34.5 Å². The summed E-state index contributed by atoms with van der Waals surface area (Å²) < 4.78 is 1.88. The highest BCUT2D eigenvalue weighted by Crippen LogP contribution is 2.29. The highest BCUT2D eigenvalue weighted by molar-refractivity contribution is 5.80. The minimum absolute atomic E-state index is 0.00107. The summed E-state index contributed by atoms with van der Waals surface area (Å²) in [6.07, 6.45) is 3.78. The number of H-pyrrole nitrogens is 1. The van der Waals surface area contributed by atoms with E-state index in [0.717, 1.165) is 33.7 Å². The fourth-order valence-corrected chi connectivity index (χ4v) is 3.18. The molecule has 0 saturated carbocycles. The molecule has 4 nitrogen and oxygen atoms in total. The zero-order chi connectivity index (χ0) is 17.6. The third-order valence-corrected chi connectivity index (χ3v) is 4.31. The molecule has 0 aliphatic carbocycles. The van der Waals surface area contributed by atoms with Crippen LogP contribution in [0.2, 0.25) is 0 Å². The second-order valence-electron chi connectivity index (χ2n) is 7.52. The number of hydrogen-bond donors (Lipinski definition) is 1. The van der Waals surface area contributed by atoms with E-state index in [-0.39, 0.29) is 10.8 Å². The maximum absolute atomic E-state index is 12.5. The van der Waals surface area contributed by atoms with Crippen molar-refractivity contribution in [3.8, 4) is 11.3 Å². The number of hydrogen-bond acceptors (Lipinski definition) is 2. The van der Waals surface area contributed by atoms with Gasteiger partial charge in [-0.25, -0.2) is 4.57 Å². The molecule has 0 atom stereocenters. The fraction of sp³-hybridized carbons (Fsp3) is 0.350. The van der Waals surface area contributed by atoms with Gasteiger partial charge in [-0.1, -0.05) is 20.8 Å². The van der Waals surface area contributed by atoms with E-state index in [1.165, 1.54) is 0 Å². The Hall–Kier alpha value is -2.49. The van der Waals surface area contributed by atoms with Crippen molar-refractivity contribution in [2.45, 2.75) is 40.0 Å². The monoisotopic (exact) mass is 322 g/mol. The molecule has 0 amide bonds. The summed E-state index contributed by atoms with van der Waals surface area (Å²) in [6.45, 7) is 10.6. The minimum atomic E-state index is -0.00107.